The zero-order chi connectivity index (χ0) is 27.1. The number of rotatable bonds is 12. The Hall–Kier alpha value is -3.30. The number of nitrogens with zero attached hydrogens (tertiary/aromatic N) is 2. The Morgan fingerprint density at radius 2 is 1.84 bits per heavy atom. The van der Waals surface area contributed by atoms with Gasteiger partial charge in [0.1, 0.15) is 18.4 Å². The molecule has 1 aliphatic heterocycles. The van der Waals surface area contributed by atoms with E-state index in [1.165, 1.54) is 4.90 Å². The molecule has 0 bridgehead atoms. The highest BCUT2D eigenvalue weighted by Gasteiger charge is 2.27. The molecule has 8 nitrogen and oxygen atoms in total. The molecule has 200 valence electrons. The van der Waals surface area contributed by atoms with Gasteiger partial charge in [0.05, 0.1) is 12.6 Å². The van der Waals surface area contributed by atoms with Crippen LogP contribution in [0.4, 0.5) is 5.69 Å². The van der Waals surface area contributed by atoms with Crippen LogP contribution in [0.3, 0.4) is 0 Å². The largest absolute Gasteiger partial charge is 0.494 e. The molecule has 3 atom stereocenters. The molecule has 3 N–H and O–H groups in total. The van der Waals surface area contributed by atoms with Crippen molar-refractivity contribution in [3.8, 4) is 5.75 Å². The first-order chi connectivity index (χ1) is 18.3. The Labute approximate surface area is 231 Å². The van der Waals surface area contributed by atoms with Crippen LogP contribution in [0.5, 0.6) is 5.75 Å². The van der Waals surface area contributed by atoms with Crippen LogP contribution >= 0.6 is 23.2 Å². The summed E-state index contributed by atoms with van der Waals surface area (Å²) >= 11 is 12.1. The molecule has 10 heteroatoms. The van der Waals surface area contributed by atoms with E-state index in [9.17, 15) is 15.0 Å². The molecule has 0 saturated heterocycles. The van der Waals surface area contributed by atoms with Crippen LogP contribution in [-0.2, 0) is 16.1 Å². The van der Waals surface area contributed by atoms with Gasteiger partial charge < -0.3 is 25.0 Å². The lowest BCUT2D eigenvalue weighted by Gasteiger charge is -2.27. The number of halogens is 2. The number of nitrogens with one attached hydrogen (secondary N) is 1. The number of aliphatic hydroxyl groups excluding tert-OH is 1. The fourth-order valence-corrected chi connectivity index (χ4v) is 4.63. The van der Waals surface area contributed by atoms with E-state index in [2.05, 4.69) is 5.32 Å². The summed E-state index contributed by atoms with van der Waals surface area (Å²) in [7, 11) is 0. The second kappa shape index (κ2) is 13.0. The third-order valence-corrected chi connectivity index (χ3v) is 6.39. The minimum atomic E-state index is -1.30. The quantitative estimate of drug-likeness (QED) is 0.260. The Kier molecular flexibility index (Phi) is 9.47. The van der Waals surface area contributed by atoms with Gasteiger partial charge in [-0.15, -0.1) is 0 Å². The van der Waals surface area contributed by atoms with Crippen molar-refractivity contribution in [1.82, 2.24) is 4.90 Å². The van der Waals surface area contributed by atoms with Crippen LogP contribution < -0.4 is 10.1 Å². The summed E-state index contributed by atoms with van der Waals surface area (Å²) in [5, 5.41) is 23.7. The summed E-state index contributed by atoms with van der Waals surface area (Å²) in [4.78, 5) is 17.6. The lowest BCUT2D eigenvalue weighted by Crippen LogP contribution is -2.43. The minimum absolute atomic E-state index is 0.0133. The van der Waals surface area contributed by atoms with Crippen molar-refractivity contribution in [2.75, 3.05) is 18.5 Å². The van der Waals surface area contributed by atoms with Gasteiger partial charge in [-0.3, -0.25) is 4.79 Å². The van der Waals surface area contributed by atoms with Crippen molar-refractivity contribution in [1.29, 1.82) is 0 Å². The molecule has 1 heterocycles. The van der Waals surface area contributed by atoms with E-state index in [0.29, 0.717) is 40.4 Å². The van der Waals surface area contributed by atoms with Gasteiger partial charge >= 0.3 is 5.97 Å². The molecular formula is C28H29Cl2N3O5. The molecule has 0 spiro atoms. The van der Waals surface area contributed by atoms with Crippen molar-refractivity contribution in [3.63, 3.8) is 0 Å². The van der Waals surface area contributed by atoms with E-state index in [-0.39, 0.29) is 18.7 Å². The standard InChI is InChI=1S/C28H29Cl2N3O5/c1-18-25(32-27(38-18)20-7-3-2-4-8-20)10-11-37-24-9-5-6-19(12-24)16-33(17-26(34)35)28(36)31-23-14-21(29)13-22(30)15-23/h2-9,12-15,18,25,28,31,36H,10-11,16-17H2,1H3,(H,34,35). The number of hydrogen-bond acceptors (Lipinski definition) is 7. The SMILES string of the molecule is CC1OC(c2ccccc2)=NC1CCOc1cccc(CN(CC(=O)O)C(O)Nc2cc(Cl)cc(Cl)c2)c1. The number of aliphatic carboxylic acids is 1. The Bertz CT molecular complexity index is 1250. The van der Waals surface area contributed by atoms with Crippen LogP contribution in [0.2, 0.25) is 10.0 Å². The zero-order valence-corrected chi connectivity index (χ0v) is 22.3. The van der Waals surface area contributed by atoms with E-state index in [0.717, 1.165) is 11.1 Å². The van der Waals surface area contributed by atoms with Gasteiger partial charge in [0.25, 0.3) is 0 Å². The molecule has 0 radical (unpaired) electrons. The summed E-state index contributed by atoms with van der Waals surface area (Å²) in [5.41, 5.74) is 2.19. The van der Waals surface area contributed by atoms with E-state index in [1.54, 1.807) is 18.2 Å². The molecule has 3 unspecified atom stereocenters. The van der Waals surface area contributed by atoms with Crippen LogP contribution in [0.25, 0.3) is 0 Å². The topological polar surface area (TPSA) is 104 Å². The van der Waals surface area contributed by atoms with Gasteiger partial charge in [0.2, 0.25) is 5.90 Å². The highest BCUT2D eigenvalue weighted by molar-refractivity contribution is 6.35. The molecule has 0 fully saturated rings. The molecule has 3 aromatic rings. The number of ether oxygens (including phenoxy) is 2. The number of aliphatic imine (C=N–C) groups is 1. The average Bonchev–Trinajstić information content (AvgIpc) is 3.24. The zero-order valence-electron chi connectivity index (χ0n) is 20.8. The highest BCUT2D eigenvalue weighted by Crippen LogP contribution is 2.24. The number of aliphatic hydroxyl groups is 1. The van der Waals surface area contributed by atoms with Crippen LogP contribution in [0, 0.1) is 0 Å². The minimum Gasteiger partial charge on any atom is -0.494 e. The van der Waals surface area contributed by atoms with E-state index in [1.807, 2.05) is 61.5 Å². The molecule has 0 saturated carbocycles. The van der Waals surface area contributed by atoms with Gasteiger partial charge in [-0.2, -0.15) is 0 Å². The second-order valence-corrected chi connectivity index (χ2v) is 9.82. The Morgan fingerprint density at radius 1 is 1.11 bits per heavy atom. The van der Waals surface area contributed by atoms with Crippen LogP contribution in [-0.4, -0.2) is 58.6 Å². The maximum atomic E-state index is 11.5. The number of carboxylic acid groups (broad SMARTS) is 1. The molecule has 0 aliphatic carbocycles. The maximum absolute atomic E-state index is 11.5. The number of benzene rings is 3. The predicted octanol–water partition coefficient (Wildman–Crippen LogP) is 5.27. The van der Waals surface area contributed by atoms with Gasteiger partial charge in [-0.25, -0.2) is 9.89 Å². The first-order valence-corrected chi connectivity index (χ1v) is 12.9. The number of anilines is 1. The summed E-state index contributed by atoms with van der Waals surface area (Å²) < 4.78 is 11.9. The maximum Gasteiger partial charge on any atom is 0.317 e. The van der Waals surface area contributed by atoms with Gasteiger partial charge in [0.15, 0.2) is 6.35 Å². The van der Waals surface area contributed by atoms with Crippen molar-refractivity contribution in [2.24, 2.45) is 4.99 Å². The third-order valence-electron chi connectivity index (χ3n) is 5.95. The molecule has 38 heavy (non-hydrogen) atoms. The molecule has 0 aromatic heterocycles. The summed E-state index contributed by atoms with van der Waals surface area (Å²) in [5.74, 6) is 0.210. The number of carboxylic acids is 1. The smallest absolute Gasteiger partial charge is 0.317 e. The highest BCUT2D eigenvalue weighted by atomic mass is 35.5. The lowest BCUT2D eigenvalue weighted by atomic mass is 10.1. The van der Waals surface area contributed by atoms with E-state index in [4.69, 9.17) is 37.7 Å². The molecular weight excluding hydrogens is 529 g/mol. The fraction of sp³-hybridized carbons (Fsp3) is 0.286. The van der Waals surface area contributed by atoms with Crippen LogP contribution in [0.15, 0.2) is 77.8 Å². The summed E-state index contributed by atoms with van der Waals surface area (Å²) in [6.45, 7) is 2.20. The third kappa shape index (κ3) is 7.85. The van der Waals surface area contributed by atoms with Gasteiger partial charge in [-0.05, 0) is 55.0 Å². The Balaban J connectivity index is 1.35. The van der Waals surface area contributed by atoms with E-state index >= 15 is 0 Å². The molecule has 0 amide bonds. The molecule has 3 aromatic carbocycles. The van der Waals surface area contributed by atoms with E-state index < -0.39 is 18.9 Å². The fourth-order valence-electron chi connectivity index (χ4n) is 4.11. The van der Waals surface area contributed by atoms with Crippen molar-refractivity contribution >= 4 is 40.8 Å². The monoisotopic (exact) mass is 557 g/mol. The van der Waals surface area contributed by atoms with Crippen molar-refractivity contribution < 1.29 is 24.5 Å². The lowest BCUT2D eigenvalue weighted by molar-refractivity contribution is -0.141. The first-order valence-electron chi connectivity index (χ1n) is 12.1. The van der Waals surface area contributed by atoms with Crippen molar-refractivity contribution in [2.45, 2.75) is 38.4 Å². The first kappa shape index (κ1) is 27.7. The Morgan fingerprint density at radius 3 is 2.55 bits per heavy atom. The second-order valence-electron chi connectivity index (χ2n) is 8.95. The molecule has 4 rings (SSSR count). The predicted molar refractivity (Wildman–Crippen MR) is 148 cm³/mol. The summed E-state index contributed by atoms with van der Waals surface area (Å²) in [6, 6.07) is 21.9. The van der Waals surface area contributed by atoms with Gasteiger partial charge in [-0.1, -0.05) is 53.5 Å². The summed E-state index contributed by atoms with van der Waals surface area (Å²) in [6.07, 6.45) is -0.670. The normalized spacial score (nSPS) is 17.6. The molecule has 1 aliphatic rings. The number of hydrogen-bond donors (Lipinski definition) is 3. The van der Waals surface area contributed by atoms with Crippen LogP contribution in [0.1, 0.15) is 24.5 Å². The van der Waals surface area contributed by atoms with Crippen molar-refractivity contribution in [3.05, 3.63) is 94.0 Å². The average molecular weight is 558 g/mol. The van der Waals surface area contributed by atoms with Gasteiger partial charge in [0, 0.05) is 34.3 Å². The number of carbonyl (C=O) groups is 1.